The second-order valence-electron chi connectivity index (χ2n) is 6.11. The van der Waals surface area contributed by atoms with Gasteiger partial charge in [0.1, 0.15) is 0 Å². The van der Waals surface area contributed by atoms with Crippen LogP contribution in [0.5, 0.6) is 0 Å². The van der Waals surface area contributed by atoms with E-state index in [0.29, 0.717) is 5.39 Å². The summed E-state index contributed by atoms with van der Waals surface area (Å²) in [7, 11) is 1.72. The topological polar surface area (TPSA) is 54.3 Å². The highest BCUT2D eigenvalue weighted by Crippen LogP contribution is 2.24. The van der Waals surface area contributed by atoms with Crippen molar-refractivity contribution >= 4 is 33.1 Å². The first-order chi connectivity index (χ1) is 11.6. The van der Waals surface area contributed by atoms with E-state index in [0.717, 1.165) is 48.2 Å². The second-order valence-corrected chi connectivity index (χ2v) is 6.94. The van der Waals surface area contributed by atoms with Gasteiger partial charge < -0.3 is 14.4 Å². The fraction of sp³-hybridized carbons (Fsp3) is 0.353. The van der Waals surface area contributed by atoms with Gasteiger partial charge in [0, 0.05) is 44.3 Å². The maximum absolute atomic E-state index is 12.1. The zero-order valence-electron chi connectivity index (χ0n) is 13.8. The molecule has 1 aliphatic rings. The summed E-state index contributed by atoms with van der Waals surface area (Å²) < 4.78 is 1.51. The SMILES string of the molecule is Cc1csc(N2CCN(c3ccc4c(=O)n(C)cnc4c3)CC2)n1. The van der Waals surface area contributed by atoms with Gasteiger partial charge in [-0.05, 0) is 25.1 Å². The highest BCUT2D eigenvalue weighted by Gasteiger charge is 2.19. The molecule has 1 saturated heterocycles. The number of rotatable bonds is 2. The van der Waals surface area contributed by atoms with Crippen LogP contribution in [0.4, 0.5) is 10.8 Å². The summed E-state index contributed by atoms with van der Waals surface area (Å²) in [5, 5.41) is 3.87. The molecule has 0 amide bonds. The van der Waals surface area contributed by atoms with Crippen LogP contribution in [0, 0.1) is 6.92 Å². The van der Waals surface area contributed by atoms with Gasteiger partial charge in [0.15, 0.2) is 5.13 Å². The average molecular weight is 341 g/mol. The molecule has 7 heteroatoms. The smallest absolute Gasteiger partial charge is 0.260 e. The number of hydrogen-bond acceptors (Lipinski definition) is 6. The molecule has 4 rings (SSSR count). The van der Waals surface area contributed by atoms with Crippen molar-refractivity contribution in [1.29, 1.82) is 0 Å². The van der Waals surface area contributed by atoms with E-state index in [-0.39, 0.29) is 5.56 Å². The molecule has 0 unspecified atom stereocenters. The van der Waals surface area contributed by atoms with Gasteiger partial charge in [-0.3, -0.25) is 4.79 Å². The van der Waals surface area contributed by atoms with Crippen LogP contribution in [0.1, 0.15) is 5.69 Å². The molecule has 0 radical (unpaired) electrons. The lowest BCUT2D eigenvalue weighted by Gasteiger charge is -2.36. The molecule has 1 aromatic carbocycles. The molecule has 0 aliphatic carbocycles. The Bertz CT molecular complexity index is 940. The van der Waals surface area contributed by atoms with Gasteiger partial charge >= 0.3 is 0 Å². The number of benzene rings is 1. The minimum atomic E-state index is -0.00416. The van der Waals surface area contributed by atoms with Crippen molar-refractivity contribution in [3.8, 4) is 0 Å². The Morgan fingerprint density at radius 2 is 1.88 bits per heavy atom. The summed E-state index contributed by atoms with van der Waals surface area (Å²) in [6.45, 7) is 5.82. The summed E-state index contributed by atoms with van der Waals surface area (Å²) >= 11 is 1.71. The van der Waals surface area contributed by atoms with Crippen LogP contribution in [0.25, 0.3) is 10.9 Å². The normalized spacial score (nSPS) is 15.2. The van der Waals surface area contributed by atoms with Crippen LogP contribution >= 0.6 is 11.3 Å². The van der Waals surface area contributed by atoms with E-state index in [1.54, 1.807) is 24.7 Å². The van der Waals surface area contributed by atoms with E-state index < -0.39 is 0 Å². The number of fused-ring (bicyclic) bond motifs is 1. The quantitative estimate of drug-likeness (QED) is 0.714. The number of piperazine rings is 1. The first-order valence-electron chi connectivity index (χ1n) is 7.99. The molecule has 0 spiro atoms. The van der Waals surface area contributed by atoms with Gasteiger partial charge in [0.05, 0.1) is 22.9 Å². The van der Waals surface area contributed by atoms with Crippen molar-refractivity contribution in [3.05, 3.63) is 46.0 Å². The Morgan fingerprint density at radius 1 is 1.12 bits per heavy atom. The van der Waals surface area contributed by atoms with Gasteiger partial charge in [-0.15, -0.1) is 11.3 Å². The van der Waals surface area contributed by atoms with Crippen LogP contribution in [0.2, 0.25) is 0 Å². The van der Waals surface area contributed by atoms with Crippen molar-refractivity contribution in [2.45, 2.75) is 6.92 Å². The zero-order chi connectivity index (χ0) is 16.7. The number of nitrogens with zero attached hydrogens (tertiary/aromatic N) is 5. The number of hydrogen-bond donors (Lipinski definition) is 0. The summed E-state index contributed by atoms with van der Waals surface area (Å²) in [4.78, 5) is 25.7. The van der Waals surface area contributed by atoms with E-state index in [1.165, 1.54) is 4.57 Å². The third kappa shape index (κ3) is 2.65. The van der Waals surface area contributed by atoms with Crippen LogP contribution in [-0.4, -0.2) is 40.7 Å². The summed E-state index contributed by atoms with van der Waals surface area (Å²) in [5.41, 5.74) is 2.96. The average Bonchev–Trinajstić information content (AvgIpc) is 3.04. The van der Waals surface area contributed by atoms with E-state index in [2.05, 4.69) is 25.1 Å². The van der Waals surface area contributed by atoms with Crippen molar-refractivity contribution in [1.82, 2.24) is 14.5 Å². The van der Waals surface area contributed by atoms with Gasteiger partial charge in [-0.2, -0.15) is 0 Å². The molecular formula is C17H19N5OS. The fourth-order valence-corrected chi connectivity index (χ4v) is 3.90. The first kappa shape index (κ1) is 15.1. The fourth-order valence-electron chi connectivity index (χ4n) is 3.04. The molecule has 24 heavy (non-hydrogen) atoms. The van der Waals surface area contributed by atoms with Crippen molar-refractivity contribution in [3.63, 3.8) is 0 Å². The second kappa shape index (κ2) is 5.90. The summed E-state index contributed by atoms with van der Waals surface area (Å²) in [6, 6.07) is 5.92. The largest absolute Gasteiger partial charge is 0.368 e. The van der Waals surface area contributed by atoms with Crippen molar-refractivity contribution in [2.24, 2.45) is 7.05 Å². The van der Waals surface area contributed by atoms with Crippen LogP contribution in [0.3, 0.4) is 0 Å². The molecule has 0 saturated carbocycles. The Balaban J connectivity index is 1.54. The Morgan fingerprint density at radius 3 is 2.58 bits per heavy atom. The third-order valence-corrected chi connectivity index (χ3v) is 5.44. The van der Waals surface area contributed by atoms with Crippen LogP contribution in [0.15, 0.2) is 34.7 Å². The lowest BCUT2D eigenvalue weighted by Crippen LogP contribution is -2.46. The molecule has 0 bridgehead atoms. The third-order valence-electron chi connectivity index (χ3n) is 4.42. The van der Waals surface area contributed by atoms with E-state index in [1.807, 2.05) is 25.1 Å². The van der Waals surface area contributed by atoms with E-state index >= 15 is 0 Å². The Labute approximate surface area is 144 Å². The van der Waals surface area contributed by atoms with E-state index in [9.17, 15) is 4.79 Å². The Kier molecular flexibility index (Phi) is 3.72. The maximum Gasteiger partial charge on any atom is 0.260 e. The Hall–Kier alpha value is -2.41. The van der Waals surface area contributed by atoms with Gasteiger partial charge in [-0.1, -0.05) is 0 Å². The number of thiazole rings is 1. The summed E-state index contributed by atoms with van der Waals surface area (Å²) in [6.07, 6.45) is 1.58. The lowest BCUT2D eigenvalue weighted by molar-refractivity contribution is 0.652. The zero-order valence-corrected chi connectivity index (χ0v) is 14.6. The predicted octanol–water partition coefficient (Wildman–Crippen LogP) is 2.03. The molecule has 3 heterocycles. The number of anilines is 2. The molecule has 0 N–H and O–H groups in total. The maximum atomic E-state index is 12.1. The molecule has 124 valence electrons. The molecular weight excluding hydrogens is 322 g/mol. The highest BCUT2D eigenvalue weighted by molar-refractivity contribution is 7.13. The first-order valence-corrected chi connectivity index (χ1v) is 8.87. The molecule has 2 aromatic heterocycles. The molecule has 6 nitrogen and oxygen atoms in total. The highest BCUT2D eigenvalue weighted by atomic mass is 32.1. The minimum absolute atomic E-state index is 0.00416. The molecule has 1 aliphatic heterocycles. The lowest BCUT2D eigenvalue weighted by atomic mass is 10.2. The van der Waals surface area contributed by atoms with Crippen molar-refractivity contribution < 1.29 is 0 Å². The standard InChI is InChI=1S/C17H19N5OS/c1-12-10-24-17(19-12)22-7-5-21(6-8-22)13-3-4-14-15(9-13)18-11-20(2)16(14)23/h3-4,9-11H,5-8H2,1-2H3. The molecule has 1 fully saturated rings. The number of aryl methyl sites for hydroxylation is 2. The van der Waals surface area contributed by atoms with Crippen molar-refractivity contribution in [2.75, 3.05) is 36.0 Å². The summed E-state index contributed by atoms with van der Waals surface area (Å²) in [5.74, 6) is 0. The van der Waals surface area contributed by atoms with Crippen LogP contribution < -0.4 is 15.4 Å². The predicted molar refractivity (Wildman–Crippen MR) is 98.3 cm³/mol. The monoisotopic (exact) mass is 341 g/mol. The minimum Gasteiger partial charge on any atom is -0.368 e. The number of aromatic nitrogens is 3. The van der Waals surface area contributed by atoms with Crippen LogP contribution in [-0.2, 0) is 7.05 Å². The molecule has 3 aromatic rings. The van der Waals surface area contributed by atoms with Gasteiger partial charge in [-0.25, -0.2) is 9.97 Å². The van der Waals surface area contributed by atoms with Gasteiger partial charge in [0.25, 0.3) is 5.56 Å². The van der Waals surface area contributed by atoms with Gasteiger partial charge in [0.2, 0.25) is 0 Å². The van der Waals surface area contributed by atoms with E-state index in [4.69, 9.17) is 0 Å². The molecule has 0 atom stereocenters.